The zero-order valence-electron chi connectivity index (χ0n) is 17.5. The van der Waals surface area contributed by atoms with Crippen LogP contribution in [0.4, 0.5) is 32.2 Å². The van der Waals surface area contributed by atoms with E-state index in [9.17, 15) is 26.3 Å². The van der Waals surface area contributed by atoms with E-state index in [0.29, 0.717) is 28.6 Å². The van der Waals surface area contributed by atoms with Gasteiger partial charge in [-0.3, -0.25) is 10.00 Å². The standard InChI is InChI=1S/C22H18F6N6/c23-21(24,25)17-5-6-19(30-11-17)34-8-7-33(18(13-34)22(26,27)28)12-16-10-31-32-20(16)15-3-1-14(9-29)2-4-15/h1-6,10-11,18H,7-8,12-13H2,(H,31,32). The number of aromatic nitrogens is 3. The minimum Gasteiger partial charge on any atom is -0.353 e. The van der Waals surface area contributed by atoms with E-state index >= 15 is 0 Å². The van der Waals surface area contributed by atoms with Crippen molar-refractivity contribution >= 4 is 5.82 Å². The molecule has 0 spiro atoms. The summed E-state index contributed by atoms with van der Waals surface area (Å²) in [4.78, 5) is 6.35. The zero-order valence-corrected chi connectivity index (χ0v) is 17.5. The van der Waals surface area contributed by atoms with Crippen molar-refractivity contribution in [1.82, 2.24) is 20.1 Å². The van der Waals surface area contributed by atoms with Crippen molar-refractivity contribution in [3.05, 3.63) is 65.5 Å². The quantitative estimate of drug-likeness (QED) is 0.552. The normalized spacial score (nSPS) is 17.6. The van der Waals surface area contributed by atoms with E-state index in [1.165, 1.54) is 16.0 Å². The first-order valence-corrected chi connectivity index (χ1v) is 10.2. The van der Waals surface area contributed by atoms with Gasteiger partial charge < -0.3 is 4.90 Å². The van der Waals surface area contributed by atoms with Gasteiger partial charge >= 0.3 is 12.4 Å². The van der Waals surface area contributed by atoms with Gasteiger partial charge in [-0.25, -0.2) is 4.98 Å². The summed E-state index contributed by atoms with van der Waals surface area (Å²) in [6.45, 7) is -0.323. The van der Waals surface area contributed by atoms with E-state index in [2.05, 4.69) is 15.2 Å². The molecule has 1 unspecified atom stereocenters. The van der Waals surface area contributed by atoms with Crippen LogP contribution in [0.1, 0.15) is 16.7 Å². The summed E-state index contributed by atoms with van der Waals surface area (Å²) < 4.78 is 80.2. The molecule has 0 bridgehead atoms. The van der Waals surface area contributed by atoms with Crippen molar-refractivity contribution in [3.63, 3.8) is 0 Å². The molecular weight excluding hydrogens is 462 g/mol. The molecule has 1 aliphatic heterocycles. The Bertz CT molecular complexity index is 1160. The lowest BCUT2D eigenvalue weighted by Crippen LogP contribution is -2.58. The molecule has 1 aromatic carbocycles. The summed E-state index contributed by atoms with van der Waals surface area (Å²) in [5.74, 6) is 0.0588. The molecule has 1 saturated heterocycles. The van der Waals surface area contributed by atoms with Crippen LogP contribution in [0.3, 0.4) is 0 Å². The number of rotatable bonds is 4. The second-order valence-electron chi connectivity index (χ2n) is 7.84. The molecule has 1 fully saturated rings. The molecule has 2 aromatic heterocycles. The average molecular weight is 480 g/mol. The number of nitrogens with zero attached hydrogens (tertiary/aromatic N) is 5. The van der Waals surface area contributed by atoms with Crippen LogP contribution in [0.5, 0.6) is 0 Å². The first-order valence-electron chi connectivity index (χ1n) is 10.2. The van der Waals surface area contributed by atoms with Gasteiger partial charge in [0.1, 0.15) is 11.9 Å². The number of nitriles is 1. The Labute approximate surface area is 190 Å². The van der Waals surface area contributed by atoms with Crippen LogP contribution >= 0.6 is 0 Å². The van der Waals surface area contributed by atoms with Crippen LogP contribution < -0.4 is 4.90 Å². The predicted molar refractivity (Wildman–Crippen MR) is 110 cm³/mol. The fraction of sp³-hybridized carbons (Fsp3) is 0.318. The third-order valence-electron chi connectivity index (χ3n) is 5.66. The number of nitrogens with one attached hydrogen (secondary N) is 1. The lowest BCUT2D eigenvalue weighted by molar-refractivity contribution is -0.186. The maximum Gasteiger partial charge on any atom is 0.417 e. The topological polar surface area (TPSA) is 71.8 Å². The molecule has 6 nitrogen and oxygen atoms in total. The van der Waals surface area contributed by atoms with Crippen LogP contribution in [0.15, 0.2) is 48.8 Å². The summed E-state index contributed by atoms with van der Waals surface area (Å²) in [6.07, 6.45) is -7.05. The molecule has 3 heterocycles. The summed E-state index contributed by atoms with van der Waals surface area (Å²) in [7, 11) is 0. The Morgan fingerprint density at radius 3 is 2.32 bits per heavy atom. The van der Waals surface area contributed by atoms with Gasteiger partial charge in [0.05, 0.1) is 29.1 Å². The smallest absolute Gasteiger partial charge is 0.353 e. The fourth-order valence-corrected chi connectivity index (χ4v) is 3.88. The second kappa shape index (κ2) is 8.98. The number of anilines is 1. The van der Waals surface area contributed by atoms with E-state index in [1.54, 1.807) is 24.3 Å². The van der Waals surface area contributed by atoms with Crippen LogP contribution in [0.25, 0.3) is 11.3 Å². The Balaban J connectivity index is 1.53. The van der Waals surface area contributed by atoms with E-state index in [-0.39, 0.29) is 25.5 Å². The Morgan fingerprint density at radius 2 is 1.74 bits per heavy atom. The van der Waals surface area contributed by atoms with Gasteiger partial charge in [0.15, 0.2) is 0 Å². The van der Waals surface area contributed by atoms with Gasteiger partial charge in [-0.1, -0.05) is 12.1 Å². The van der Waals surface area contributed by atoms with Crippen molar-refractivity contribution in [2.75, 3.05) is 24.5 Å². The summed E-state index contributed by atoms with van der Waals surface area (Å²) in [6, 6.07) is 8.64. The van der Waals surface area contributed by atoms with Crippen molar-refractivity contribution in [1.29, 1.82) is 5.26 Å². The molecule has 1 aliphatic rings. The Hall–Kier alpha value is -3.59. The fourth-order valence-electron chi connectivity index (χ4n) is 3.88. The summed E-state index contributed by atoms with van der Waals surface area (Å²) >= 11 is 0. The van der Waals surface area contributed by atoms with Gasteiger partial charge in [0, 0.05) is 37.9 Å². The predicted octanol–water partition coefficient (Wildman–Crippen LogP) is 4.62. The SMILES string of the molecule is N#Cc1ccc(-c2[nH]ncc2CN2CCN(c3ccc(C(F)(F)F)cn3)CC2C(F)(F)F)cc1. The molecule has 34 heavy (non-hydrogen) atoms. The number of piperazine rings is 1. The third kappa shape index (κ3) is 4.99. The van der Waals surface area contributed by atoms with Gasteiger partial charge in [-0.05, 0) is 29.8 Å². The van der Waals surface area contributed by atoms with E-state index in [4.69, 9.17) is 5.26 Å². The minimum absolute atomic E-state index is 0.0187. The maximum atomic E-state index is 13.9. The van der Waals surface area contributed by atoms with E-state index in [0.717, 1.165) is 12.1 Å². The van der Waals surface area contributed by atoms with Crippen molar-refractivity contribution < 1.29 is 26.3 Å². The van der Waals surface area contributed by atoms with Crippen LogP contribution in [0, 0.1) is 11.3 Å². The molecule has 12 heteroatoms. The third-order valence-corrected chi connectivity index (χ3v) is 5.66. The molecule has 0 aliphatic carbocycles. The number of aromatic amines is 1. The first kappa shape index (κ1) is 23.6. The Morgan fingerprint density at radius 1 is 1.00 bits per heavy atom. The molecule has 1 atom stereocenters. The average Bonchev–Trinajstić information content (AvgIpc) is 3.26. The second-order valence-corrected chi connectivity index (χ2v) is 7.84. The number of pyridine rings is 1. The molecular formula is C22H18F6N6. The van der Waals surface area contributed by atoms with Gasteiger partial charge in [-0.15, -0.1) is 0 Å². The largest absolute Gasteiger partial charge is 0.417 e. The molecule has 0 radical (unpaired) electrons. The highest BCUT2D eigenvalue weighted by Crippen LogP contribution is 2.33. The zero-order chi connectivity index (χ0) is 24.5. The van der Waals surface area contributed by atoms with Gasteiger partial charge in [0.25, 0.3) is 0 Å². The molecule has 178 valence electrons. The van der Waals surface area contributed by atoms with Crippen LogP contribution in [-0.4, -0.2) is 51.9 Å². The molecule has 4 rings (SSSR count). The number of hydrogen-bond donors (Lipinski definition) is 1. The Kier molecular flexibility index (Phi) is 6.22. The summed E-state index contributed by atoms with van der Waals surface area (Å²) in [5.41, 5.74) is 1.28. The van der Waals surface area contributed by atoms with Crippen molar-refractivity contribution in [3.8, 4) is 17.3 Å². The minimum atomic E-state index is -4.57. The number of hydrogen-bond acceptors (Lipinski definition) is 5. The highest BCUT2D eigenvalue weighted by molar-refractivity contribution is 5.63. The molecule has 3 aromatic rings. The van der Waals surface area contributed by atoms with E-state index < -0.39 is 30.5 Å². The number of alkyl halides is 6. The monoisotopic (exact) mass is 480 g/mol. The molecule has 0 saturated carbocycles. The van der Waals surface area contributed by atoms with Gasteiger partial charge in [-0.2, -0.15) is 36.7 Å². The van der Waals surface area contributed by atoms with Crippen molar-refractivity contribution in [2.24, 2.45) is 0 Å². The van der Waals surface area contributed by atoms with Crippen LogP contribution in [-0.2, 0) is 12.7 Å². The van der Waals surface area contributed by atoms with Gasteiger partial charge in [0.2, 0.25) is 0 Å². The highest BCUT2D eigenvalue weighted by Gasteiger charge is 2.47. The number of halogens is 6. The van der Waals surface area contributed by atoms with E-state index in [1.807, 2.05) is 6.07 Å². The first-order chi connectivity index (χ1) is 16.1. The lowest BCUT2D eigenvalue weighted by Gasteiger charge is -2.42. The highest BCUT2D eigenvalue weighted by atomic mass is 19.4. The molecule has 0 amide bonds. The van der Waals surface area contributed by atoms with Crippen molar-refractivity contribution in [2.45, 2.75) is 24.9 Å². The number of benzene rings is 1. The number of H-pyrrole nitrogens is 1. The summed E-state index contributed by atoms with van der Waals surface area (Å²) in [5, 5.41) is 15.7. The molecule has 1 N–H and O–H groups in total. The lowest BCUT2D eigenvalue weighted by atomic mass is 10.0. The van der Waals surface area contributed by atoms with Crippen LogP contribution in [0.2, 0.25) is 0 Å². The maximum absolute atomic E-state index is 13.9.